The van der Waals surface area contributed by atoms with Gasteiger partial charge in [0, 0.05) is 21.6 Å². The number of carbonyl (C=O) groups is 1. The van der Waals surface area contributed by atoms with Crippen molar-refractivity contribution in [1.29, 1.82) is 0 Å². The Hall–Kier alpha value is -0.220. The second-order valence-electron chi connectivity index (χ2n) is 4.97. The van der Waals surface area contributed by atoms with Crippen LogP contribution in [0, 0.1) is 5.41 Å². The maximum atomic E-state index is 11.9. The van der Waals surface area contributed by atoms with Crippen molar-refractivity contribution in [1.82, 2.24) is 4.98 Å². The summed E-state index contributed by atoms with van der Waals surface area (Å²) in [5.41, 5.74) is 0.699. The molecule has 16 heavy (non-hydrogen) atoms. The van der Waals surface area contributed by atoms with Crippen LogP contribution in [0.5, 0.6) is 0 Å². The highest BCUT2D eigenvalue weighted by Crippen LogP contribution is 2.25. The zero-order valence-electron chi connectivity index (χ0n) is 9.68. The minimum Gasteiger partial charge on any atom is -0.292 e. The van der Waals surface area contributed by atoms with Gasteiger partial charge in [-0.3, -0.25) is 9.78 Å². The van der Waals surface area contributed by atoms with E-state index in [1.165, 1.54) is 0 Å². The van der Waals surface area contributed by atoms with E-state index < -0.39 is 0 Å². The predicted octanol–water partition coefficient (Wildman–Crippen LogP) is 4.62. The molecule has 0 spiro atoms. The lowest BCUT2D eigenvalue weighted by Gasteiger charge is -2.17. The van der Waals surface area contributed by atoms with Crippen LogP contribution in [0.2, 0.25) is 0 Å². The van der Waals surface area contributed by atoms with Crippen molar-refractivity contribution < 1.29 is 4.79 Å². The third-order valence-corrected chi connectivity index (χ3v) is 3.21. The van der Waals surface area contributed by atoms with Gasteiger partial charge < -0.3 is 0 Å². The Morgan fingerprint density at radius 2 is 2.00 bits per heavy atom. The number of ketones is 1. The fourth-order valence-electron chi connectivity index (χ4n) is 1.23. The van der Waals surface area contributed by atoms with Crippen molar-refractivity contribution in [2.75, 3.05) is 0 Å². The molecule has 0 saturated carbocycles. The van der Waals surface area contributed by atoms with Crippen LogP contribution in [-0.2, 0) is 0 Å². The first-order valence-electron chi connectivity index (χ1n) is 5.14. The lowest BCUT2D eigenvalue weighted by molar-refractivity contribution is 0.0960. The average Bonchev–Trinajstić information content (AvgIpc) is 2.13. The smallest absolute Gasteiger partial charge is 0.182 e. The summed E-state index contributed by atoms with van der Waals surface area (Å²) in [5, 5.41) is 0. The Morgan fingerprint density at radius 1 is 1.38 bits per heavy atom. The van der Waals surface area contributed by atoms with Crippen LogP contribution >= 0.6 is 31.9 Å². The van der Waals surface area contributed by atoms with Crippen LogP contribution < -0.4 is 0 Å². The second-order valence-corrected chi connectivity index (χ2v) is 6.74. The minimum absolute atomic E-state index is 0.0919. The molecule has 0 aliphatic carbocycles. The SMILES string of the molecule is CC(C)(C)CCC(=O)c1ncc(Br)cc1Br. The summed E-state index contributed by atoms with van der Waals surface area (Å²) in [6.07, 6.45) is 3.06. The number of hydrogen-bond donors (Lipinski definition) is 0. The van der Waals surface area contributed by atoms with Crippen LogP contribution in [0.3, 0.4) is 0 Å². The van der Waals surface area contributed by atoms with E-state index in [1.54, 1.807) is 6.20 Å². The molecular formula is C12H15Br2NO. The average molecular weight is 349 g/mol. The predicted molar refractivity (Wildman–Crippen MR) is 72.7 cm³/mol. The molecular weight excluding hydrogens is 334 g/mol. The lowest BCUT2D eigenvalue weighted by atomic mass is 9.89. The van der Waals surface area contributed by atoms with E-state index in [0.29, 0.717) is 12.1 Å². The van der Waals surface area contributed by atoms with E-state index in [0.717, 1.165) is 15.4 Å². The van der Waals surface area contributed by atoms with Crippen molar-refractivity contribution in [2.24, 2.45) is 5.41 Å². The van der Waals surface area contributed by atoms with Crippen molar-refractivity contribution in [3.8, 4) is 0 Å². The molecule has 0 atom stereocenters. The first kappa shape index (κ1) is 13.8. The molecule has 1 rings (SSSR count). The van der Waals surface area contributed by atoms with Gasteiger partial charge in [-0.15, -0.1) is 0 Å². The van der Waals surface area contributed by atoms with Crippen LogP contribution in [0.15, 0.2) is 21.2 Å². The fraction of sp³-hybridized carbons (Fsp3) is 0.500. The first-order valence-corrected chi connectivity index (χ1v) is 6.72. The van der Waals surface area contributed by atoms with E-state index in [9.17, 15) is 4.79 Å². The zero-order valence-corrected chi connectivity index (χ0v) is 12.9. The van der Waals surface area contributed by atoms with Crippen molar-refractivity contribution >= 4 is 37.6 Å². The number of aromatic nitrogens is 1. The summed E-state index contributed by atoms with van der Waals surface area (Å²) in [5.74, 6) is 0.0919. The van der Waals surface area contributed by atoms with Gasteiger partial charge in [0.1, 0.15) is 5.69 Å². The number of rotatable bonds is 3. The molecule has 0 bridgehead atoms. The second kappa shape index (κ2) is 5.41. The van der Waals surface area contributed by atoms with E-state index in [-0.39, 0.29) is 11.2 Å². The summed E-state index contributed by atoms with van der Waals surface area (Å²) in [6.45, 7) is 6.39. The Balaban J connectivity index is 2.74. The Morgan fingerprint density at radius 3 is 2.50 bits per heavy atom. The molecule has 0 saturated heterocycles. The molecule has 4 heteroatoms. The molecule has 0 N–H and O–H groups in total. The van der Waals surface area contributed by atoms with Gasteiger partial charge in [-0.2, -0.15) is 0 Å². The third-order valence-electron chi connectivity index (χ3n) is 2.17. The highest BCUT2D eigenvalue weighted by molar-refractivity contribution is 9.11. The van der Waals surface area contributed by atoms with Crippen LogP contribution in [0.4, 0.5) is 0 Å². The van der Waals surface area contributed by atoms with Crippen LogP contribution in [0.1, 0.15) is 44.1 Å². The van der Waals surface area contributed by atoms with Gasteiger partial charge in [0.25, 0.3) is 0 Å². The van der Waals surface area contributed by atoms with E-state index >= 15 is 0 Å². The van der Waals surface area contributed by atoms with Gasteiger partial charge >= 0.3 is 0 Å². The molecule has 0 radical (unpaired) electrons. The Kier molecular flexibility index (Phi) is 4.68. The monoisotopic (exact) mass is 347 g/mol. The first-order chi connectivity index (χ1) is 7.29. The summed E-state index contributed by atoms with van der Waals surface area (Å²) in [6, 6.07) is 1.84. The van der Waals surface area contributed by atoms with E-state index in [2.05, 4.69) is 57.6 Å². The number of pyridine rings is 1. The molecule has 0 aliphatic rings. The Bertz CT molecular complexity index is 396. The van der Waals surface area contributed by atoms with E-state index in [4.69, 9.17) is 0 Å². The normalized spacial score (nSPS) is 11.6. The van der Waals surface area contributed by atoms with Crippen molar-refractivity contribution in [3.63, 3.8) is 0 Å². The molecule has 1 aromatic heterocycles. The maximum Gasteiger partial charge on any atom is 0.182 e. The molecule has 0 aromatic carbocycles. The summed E-state index contributed by atoms with van der Waals surface area (Å²) < 4.78 is 1.62. The largest absolute Gasteiger partial charge is 0.292 e. The highest BCUT2D eigenvalue weighted by Gasteiger charge is 2.16. The number of carbonyl (C=O) groups excluding carboxylic acids is 1. The standard InChI is InChI=1S/C12H15Br2NO/c1-12(2,3)5-4-10(16)11-9(14)6-8(13)7-15-11/h6-7H,4-5H2,1-3H3. The van der Waals surface area contributed by atoms with Gasteiger partial charge in [-0.05, 0) is 49.8 Å². The number of Topliss-reactive ketones (excluding diaryl/α,β-unsaturated/α-hetero) is 1. The molecule has 88 valence electrons. The molecule has 0 unspecified atom stereocenters. The lowest BCUT2D eigenvalue weighted by Crippen LogP contribution is -2.10. The van der Waals surface area contributed by atoms with Gasteiger partial charge in [0.05, 0.1) is 0 Å². The molecule has 1 heterocycles. The summed E-state index contributed by atoms with van der Waals surface area (Å²) in [4.78, 5) is 16.1. The van der Waals surface area contributed by atoms with Gasteiger partial charge in [-0.25, -0.2) is 0 Å². The molecule has 2 nitrogen and oxygen atoms in total. The van der Waals surface area contributed by atoms with Crippen molar-refractivity contribution in [2.45, 2.75) is 33.6 Å². The summed E-state index contributed by atoms with van der Waals surface area (Å²) in [7, 11) is 0. The summed E-state index contributed by atoms with van der Waals surface area (Å²) >= 11 is 6.67. The van der Waals surface area contributed by atoms with Crippen molar-refractivity contribution in [3.05, 3.63) is 26.9 Å². The van der Waals surface area contributed by atoms with Crippen LogP contribution in [0.25, 0.3) is 0 Å². The fourth-order valence-corrected chi connectivity index (χ4v) is 2.44. The Labute approximate surface area is 113 Å². The third kappa shape index (κ3) is 4.34. The maximum absolute atomic E-state index is 11.9. The topological polar surface area (TPSA) is 30.0 Å². The molecule has 0 fully saturated rings. The van der Waals surface area contributed by atoms with Crippen LogP contribution in [-0.4, -0.2) is 10.8 Å². The molecule has 0 amide bonds. The quantitative estimate of drug-likeness (QED) is 0.746. The molecule has 1 aromatic rings. The van der Waals surface area contributed by atoms with Gasteiger partial charge in [0.15, 0.2) is 5.78 Å². The minimum atomic E-state index is 0.0919. The number of hydrogen-bond acceptors (Lipinski definition) is 2. The number of halogens is 2. The van der Waals surface area contributed by atoms with E-state index in [1.807, 2.05) is 6.07 Å². The molecule has 0 aliphatic heterocycles. The highest BCUT2D eigenvalue weighted by atomic mass is 79.9. The number of nitrogens with zero attached hydrogens (tertiary/aromatic N) is 1. The van der Waals surface area contributed by atoms with Gasteiger partial charge in [0.2, 0.25) is 0 Å². The zero-order chi connectivity index (χ0) is 12.3. The van der Waals surface area contributed by atoms with Gasteiger partial charge in [-0.1, -0.05) is 20.8 Å².